The number of nitro benzene ring substituents is 1. The van der Waals surface area contributed by atoms with Crippen LogP contribution in [0, 0.1) is 24.0 Å². The van der Waals surface area contributed by atoms with Crippen molar-refractivity contribution in [2.45, 2.75) is 39.2 Å². The zero-order valence-electron chi connectivity index (χ0n) is 11.7. The van der Waals surface area contributed by atoms with Crippen LogP contribution in [0.3, 0.4) is 0 Å². The first-order valence-corrected chi connectivity index (χ1v) is 6.79. The molecular formula is C14H19N3O3. The van der Waals surface area contributed by atoms with E-state index in [2.05, 4.69) is 10.6 Å². The number of rotatable bonds is 3. The molecule has 0 aliphatic carbocycles. The Balaban J connectivity index is 2.18. The SMILES string of the molecule is Cc1cc(C)c([N+](=O)[O-])cc1NC(=O)C1CCCCN1. The van der Waals surface area contributed by atoms with Crippen molar-refractivity contribution < 1.29 is 9.72 Å². The van der Waals surface area contributed by atoms with E-state index in [0.29, 0.717) is 11.3 Å². The van der Waals surface area contributed by atoms with Crippen LogP contribution in [0.2, 0.25) is 0 Å². The minimum absolute atomic E-state index is 0.0301. The molecule has 0 bridgehead atoms. The van der Waals surface area contributed by atoms with Crippen LogP contribution in [-0.4, -0.2) is 23.4 Å². The van der Waals surface area contributed by atoms with Crippen LogP contribution >= 0.6 is 0 Å². The van der Waals surface area contributed by atoms with E-state index in [0.717, 1.165) is 31.4 Å². The number of piperidine rings is 1. The zero-order valence-corrected chi connectivity index (χ0v) is 11.7. The molecule has 2 N–H and O–H groups in total. The summed E-state index contributed by atoms with van der Waals surface area (Å²) in [6, 6.07) is 2.96. The Hall–Kier alpha value is -1.95. The minimum Gasteiger partial charge on any atom is -0.324 e. The monoisotopic (exact) mass is 277 g/mol. The molecule has 1 aliphatic heterocycles. The molecule has 1 aromatic rings. The molecule has 20 heavy (non-hydrogen) atoms. The number of nitrogens with one attached hydrogen (secondary N) is 2. The second kappa shape index (κ2) is 6.00. The topological polar surface area (TPSA) is 84.3 Å². The number of carbonyl (C=O) groups excluding carboxylic acids is 1. The van der Waals surface area contributed by atoms with Gasteiger partial charge < -0.3 is 10.6 Å². The van der Waals surface area contributed by atoms with Gasteiger partial charge in [-0.2, -0.15) is 0 Å². The average molecular weight is 277 g/mol. The van der Waals surface area contributed by atoms with Gasteiger partial charge in [0, 0.05) is 11.6 Å². The molecule has 1 amide bonds. The van der Waals surface area contributed by atoms with Crippen molar-refractivity contribution in [2.24, 2.45) is 0 Å². The molecular weight excluding hydrogens is 258 g/mol. The molecule has 1 unspecified atom stereocenters. The fourth-order valence-corrected chi connectivity index (χ4v) is 2.47. The molecule has 0 aromatic heterocycles. The van der Waals surface area contributed by atoms with Crippen LogP contribution in [0.25, 0.3) is 0 Å². The summed E-state index contributed by atoms with van der Waals surface area (Å²) < 4.78 is 0. The van der Waals surface area contributed by atoms with Gasteiger partial charge in [-0.05, 0) is 44.9 Å². The largest absolute Gasteiger partial charge is 0.324 e. The molecule has 1 aromatic carbocycles. The Morgan fingerprint density at radius 3 is 2.70 bits per heavy atom. The zero-order chi connectivity index (χ0) is 14.7. The molecule has 0 saturated carbocycles. The van der Waals surface area contributed by atoms with E-state index in [4.69, 9.17) is 0 Å². The van der Waals surface area contributed by atoms with E-state index in [-0.39, 0.29) is 17.6 Å². The summed E-state index contributed by atoms with van der Waals surface area (Å²) in [6.07, 6.45) is 2.91. The Kier molecular flexibility index (Phi) is 4.34. The molecule has 0 spiro atoms. The first-order chi connectivity index (χ1) is 9.49. The van der Waals surface area contributed by atoms with Gasteiger partial charge in [0.1, 0.15) is 0 Å². The van der Waals surface area contributed by atoms with Crippen LogP contribution < -0.4 is 10.6 Å². The van der Waals surface area contributed by atoms with Crippen LogP contribution in [0.4, 0.5) is 11.4 Å². The number of nitrogens with zero attached hydrogens (tertiary/aromatic N) is 1. The van der Waals surface area contributed by atoms with Gasteiger partial charge >= 0.3 is 0 Å². The fraction of sp³-hybridized carbons (Fsp3) is 0.500. The van der Waals surface area contributed by atoms with Crippen molar-refractivity contribution in [3.63, 3.8) is 0 Å². The quantitative estimate of drug-likeness (QED) is 0.655. The molecule has 0 radical (unpaired) electrons. The molecule has 108 valence electrons. The predicted molar refractivity (Wildman–Crippen MR) is 76.8 cm³/mol. The number of hydrogen-bond acceptors (Lipinski definition) is 4. The number of anilines is 1. The van der Waals surface area contributed by atoms with Crippen molar-refractivity contribution >= 4 is 17.3 Å². The second-order valence-electron chi connectivity index (χ2n) is 5.20. The van der Waals surface area contributed by atoms with Gasteiger partial charge in [-0.1, -0.05) is 6.42 Å². The lowest BCUT2D eigenvalue weighted by Gasteiger charge is -2.23. The highest BCUT2D eigenvalue weighted by Gasteiger charge is 2.22. The summed E-state index contributed by atoms with van der Waals surface area (Å²) in [6.45, 7) is 4.37. The number of hydrogen-bond donors (Lipinski definition) is 2. The van der Waals surface area contributed by atoms with Crippen molar-refractivity contribution in [3.8, 4) is 0 Å². The van der Waals surface area contributed by atoms with Gasteiger partial charge in [0.05, 0.1) is 16.7 Å². The molecule has 1 fully saturated rings. The van der Waals surface area contributed by atoms with E-state index >= 15 is 0 Å². The van der Waals surface area contributed by atoms with Gasteiger partial charge in [0.15, 0.2) is 0 Å². The van der Waals surface area contributed by atoms with E-state index in [9.17, 15) is 14.9 Å². The van der Waals surface area contributed by atoms with E-state index in [1.54, 1.807) is 13.0 Å². The van der Waals surface area contributed by atoms with Crippen LogP contribution in [0.5, 0.6) is 0 Å². The van der Waals surface area contributed by atoms with Crippen molar-refractivity contribution in [1.29, 1.82) is 0 Å². The number of nitro groups is 1. The van der Waals surface area contributed by atoms with Crippen molar-refractivity contribution in [2.75, 3.05) is 11.9 Å². The highest BCUT2D eigenvalue weighted by atomic mass is 16.6. The number of amides is 1. The molecule has 6 heteroatoms. The van der Waals surface area contributed by atoms with Crippen molar-refractivity contribution in [3.05, 3.63) is 33.4 Å². The van der Waals surface area contributed by atoms with Gasteiger partial charge in [-0.15, -0.1) is 0 Å². The van der Waals surface area contributed by atoms with Crippen molar-refractivity contribution in [1.82, 2.24) is 5.32 Å². The Morgan fingerprint density at radius 2 is 2.10 bits per heavy atom. The molecule has 1 saturated heterocycles. The third-order valence-corrected chi connectivity index (χ3v) is 3.62. The highest BCUT2D eigenvalue weighted by molar-refractivity contribution is 5.95. The first-order valence-electron chi connectivity index (χ1n) is 6.79. The molecule has 1 aliphatic rings. The lowest BCUT2D eigenvalue weighted by atomic mass is 10.0. The van der Waals surface area contributed by atoms with Gasteiger partial charge in [0.25, 0.3) is 5.69 Å². The number of aryl methyl sites for hydroxylation is 2. The van der Waals surface area contributed by atoms with Crippen LogP contribution in [0.15, 0.2) is 12.1 Å². The van der Waals surface area contributed by atoms with Crippen LogP contribution in [0.1, 0.15) is 30.4 Å². The minimum atomic E-state index is -0.427. The maximum absolute atomic E-state index is 12.1. The maximum Gasteiger partial charge on any atom is 0.274 e. The van der Waals surface area contributed by atoms with E-state index in [1.807, 2.05) is 6.92 Å². The van der Waals surface area contributed by atoms with E-state index < -0.39 is 4.92 Å². The summed E-state index contributed by atoms with van der Waals surface area (Å²) in [5.74, 6) is -0.119. The normalized spacial score (nSPS) is 18.6. The van der Waals surface area contributed by atoms with Gasteiger partial charge in [0.2, 0.25) is 5.91 Å². The maximum atomic E-state index is 12.1. The molecule has 1 atom stereocenters. The average Bonchev–Trinajstić information content (AvgIpc) is 2.42. The molecule has 1 heterocycles. The molecule has 2 rings (SSSR count). The predicted octanol–water partition coefficient (Wildman–Crippen LogP) is 2.29. The first kappa shape index (κ1) is 14.5. The number of carbonyl (C=O) groups is 1. The summed E-state index contributed by atoms with van der Waals surface area (Å²) in [7, 11) is 0. The lowest BCUT2D eigenvalue weighted by molar-refractivity contribution is -0.385. The number of benzene rings is 1. The summed E-state index contributed by atoms with van der Waals surface area (Å²) in [4.78, 5) is 22.7. The Morgan fingerprint density at radius 1 is 1.35 bits per heavy atom. The second-order valence-corrected chi connectivity index (χ2v) is 5.20. The van der Waals surface area contributed by atoms with Gasteiger partial charge in [-0.3, -0.25) is 14.9 Å². The smallest absolute Gasteiger partial charge is 0.274 e. The Labute approximate surface area is 117 Å². The van der Waals surface area contributed by atoms with Crippen LogP contribution in [-0.2, 0) is 4.79 Å². The molecule has 6 nitrogen and oxygen atoms in total. The standard InChI is InChI=1S/C14H19N3O3/c1-9-7-10(2)13(17(19)20)8-12(9)16-14(18)11-5-3-4-6-15-11/h7-8,11,15H,3-6H2,1-2H3,(H,16,18). The summed E-state index contributed by atoms with van der Waals surface area (Å²) >= 11 is 0. The summed E-state index contributed by atoms with van der Waals surface area (Å²) in [5.41, 5.74) is 1.97. The van der Waals surface area contributed by atoms with E-state index in [1.165, 1.54) is 6.07 Å². The highest BCUT2D eigenvalue weighted by Crippen LogP contribution is 2.26. The fourth-order valence-electron chi connectivity index (χ4n) is 2.47. The van der Waals surface area contributed by atoms with Gasteiger partial charge in [-0.25, -0.2) is 0 Å². The third kappa shape index (κ3) is 3.14. The Bertz CT molecular complexity index is 537. The summed E-state index contributed by atoms with van der Waals surface area (Å²) in [5, 5.41) is 16.9. The lowest BCUT2D eigenvalue weighted by Crippen LogP contribution is -2.43. The third-order valence-electron chi connectivity index (χ3n) is 3.62.